The van der Waals surface area contributed by atoms with E-state index in [0.29, 0.717) is 45.3 Å². The second kappa shape index (κ2) is 5.55. The number of rotatable bonds is 4. The highest BCUT2D eigenvalue weighted by molar-refractivity contribution is 7.86. The van der Waals surface area contributed by atoms with Crippen molar-refractivity contribution in [1.82, 2.24) is 23.6 Å². The molecule has 8 nitrogen and oxygen atoms in total. The Labute approximate surface area is 130 Å². The summed E-state index contributed by atoms with van der Waals surface area (Å²) in [4.78, 5) is 0. The first-order valence-electron chi connectivity index (χ1n) is 7.89. The van der Waals surface area contributed by atoms with Gasteiger partial charge in [0.15, 0.2) is 0 Å². The van der Waals surface area contributed by atoms with Gasteiger partial charge in [-0.15, -0.1) is 5.10 Å². The second-order valence-electron chi connectivity index (χ2n) is 6.22. The predicted molar refractivity (Wildman–Crippen MR) is 78.5 cm³/mol. The molecular formula is C13H21N5O3S. The zero-order chi connectivity index (χ0) is 15.2. The second-order valence-corrected chi connectivity index (χ2v) is 8.15. The Morgan fingerprint density at radius 1 is 1.09 bits per heavy atom. The first kappa shape index (κ1) is 14.6. The topological polar surface area (TPSA) is 80.6 Å². The highest BCUT2D eigenvalue weighted by Gasteiger charge is 2.37. The minimum Gasteiger partial charge on any atom is -0.379 e. The molecule has 1 aromatic rings. The van der Waals surface area contributed by atoms with Crippen LogP contribution in [0.2, 0.25) is 0 Å². The SMILES string of the molecule is O=S(=O)(N1CCOCC1)N1CCC(n2cc(C3CC3)nn2)C1. The van der Waals surface area contributed by atoms with Crippen molar-refractivity contribution in [1.29, 1.82) is 0 Å². The van der Waals surface area contributed by atoms with E-state index in [4.69, 9.17) is 4.74 Å². The van der Waals surface area contributed by atoms with Crippen LogP contribution in [0, 0.1) is 0 Å². The molecule has 0 radical (unpaired) electrons. The molecule has 2 aliphatic heterocycles. The van der Waals surface area contributed by atoms with E-state index in [9.17, 15) is 8.42 Å². The molecule has 22 heavy (non-hydrogen) atoms. The monoisotopic (exact) mass is 327 g/mol. The zero-order valence-corrected chi connectivity index (χ0v) is 13.3. The van der Waals surface area contributed by atoms with Gasteiger partial charge in [-0.1, -0.05) is 5.21 Å². The minimum absolute atomic E-state index is 0.0933. The number of aromatic nitrogens is 3. The van der Waals surface area contributed by atoms with E-state index in [1.165, 1.54) is 17.1 Å². The molecule has 3 fully saturated rings. The van der Waals surface area contributed by atoms with Crippen LogP contribution in [0.25, 0.3) is 0 Å². The van der Waals surface area contributed by atoms with Crippen molar-refractivity contribution < 1.29 is 13.2 Å². The van der Waals surface area contributed by atoms with Crippen molar-refractivity contribution >= 4 is 10.2 Å². The lowest BCUT2D eigenvalue weighted by atomic mass is 10.2. The summed E-state index contributed by atoms with van der Waals surface area (Å²) in [5.41, 5.74) is 1.05. The molecule has 4 rings (SSSR count). The molecule has 1 aromatic heterocycles. The third-order valence-electron chi connectivity index (χ3n) is 4.65. The van der Waals surface area contributed by atoms with Gasteiger partial charge in [-0.25, -0.2) is 4.68 Å². The maximum atomic E-state index is 12.6. The highest BCUT2D eigenvalue weighted by atomic mass is 32.2. The first-order chi connectivity index (χ1) is 10.6. The van der Waals surface area contributed by atoms with Crippen LogP contribution >= 0.6 is 0 Å². The molecule has 1 unspecified atom stereocenters. The number of nitrogens with zero attached hydrogens (tertiary/aromatic N) is 5. The van der Waals surface area contributed by atoms with Crippen LogP contribution in [0.4, 0.5) is 0 Å². The summed E-state index contributed by atoms with van der Waals surface area (Å²) in [6.45, 7) is 2.86. The van der Waals surface area contributed by atoms with Crippen molar-refractivity contribution in [2.45, 2.75) is 31.2 Å². The lowest BCUT2D eigenvalue weighted by molar-refractivity contribution is 0.0705. The molecule has 1 saturated carbocycles. The summed E-state index contributed by atoms with van der Waals surface area (Å²) in [6, 6.07) is 0.0933. The van der Waals surface area contributed by atoms with E-state index >= 15 is 0 Å². The Morgan fingerprint density at radius 2 is 1.86 bits per heavy atom. The Morgan fingerprint density at radius 3 is 2.59 bits per heavy atom. The Hall–Kier alpha value is -1.03. The molecule has 122 valence electrons. The van der Waals surface area contributed by atoms with Crippen LogP contribution in [-0.2, 0) is 14.9 Å². The predicted octanol–water partition coefficient (Wildman–Crippen LogP) is -0.0207. The average molecular weight is 327 g/mol. The fraction of sp³-hybridized carbons (Fsp3) is 0.846. The molecule has 0 bridgehead atoms. The molecule has 0 spiro atoms. The molecule has 1 atom stereocenters. The highest BCUT2D eigenvalue weighted by Crippen LogP contribution is 2.39. The number of morpholine rings is 1. The van der Waals surface area contributed by atoms with Crippen LogP contribution in [-0.4, -0.2) is 71.4 Å². The molecule has 2 saturated heterocycles. The summed E-state index contributed by atoms with van der Waals surface area (Å²) in [6.07, 6.45) is 5.17. The van der Waals surface area contributed by atoms with Gasteiger partial charge >= 0.3 is 0 Å². The van der Waals surface area contributed by atoms with Crippen LogP contribution in [0.15, 0.2) is 6.20 Å². The number of hydrogen-bond donors (Lipinski definition) is 0. The zero-order valence-electron chi connectivity index (χ0n) is 12.5. The molecule has 0 aromatic carbocycles. The molecule has 3 aliphatic rings. The summed E-state index contributed by atoms with van der Waals surface area (Å²) in [7, 11) is -3.37. The molecule has 0 amide bonds. The normalized spacial score (nSPS) is 28.3. The summed E-state index contributed by atoms with van der Waals surface area (Å²) in [5.74, 6) is 0.573. The Bertz CT molecular complexity index is 636. The van der Waals surface area contributed by atoms with E-state index < -0.39 is 10.2 Å². The van der Waals surface area contributed by atoms with Crippen molar-refractivity contribution in [2.75, 3.05) is 39.4 Å². The molecular weight excluding hydrogens is 306 g/mol. The third kappa shape index (κ3) is 2.66. The standard InChI is InChI=1S/C13H21N5O3S/c19-22(20,16-5-7-21-8-6-16)17-4-3-12(9-17)18-10-13(14-15-18)11-1-2-11/h10-12H,1-9H2. The number of ether oxygens (including phenoxy) is 1. The van der Waals surface area contributed by atoms with Crippen molar-refractivity contribution in [3.05, 3.63) is 11.9 Å². The van der Waals surface area contributed by atoms with Crippen LogP contribution in [0.5, 0.6) is 0 Å². The maximum absolute atomic E-state index is 12.6. The van der Waals surface area contributed by atoms with Gasteiger partial charge in [0.05, 0.1) is 24.9 Å². The van der Waals surface area contributed by atoms with Gasteiger partial charge in [0, 0.05) is 38.3 Å². The Balaban J connectivity index is 1.44. The number of hydrogen-bond acceptors (Lipinski definition) is 5. The fourth-order valence-electron chi connectivity index (χ4n) is 3.11. The molecule has 9 heteroatoms. The third-order valence-corrected chi connectivity index (χ3v) is 6.65. The quantitative estimate of drug-likeness (QED) is 0.776. The van der Waals surface area contributed by atoms with E-state index in [1.807, 2.05) is 10.9 Å². The van der Waals surface area contributed by atoms with Crippen LogP contribution in [0.1, 0.15) is 36.9 Å². The average Bonchev–Trinajstić information content (AvgIpc) is 3.06. The first-order valence-corrected chi connectivity index (χ1v) is 9.29. The van der Waals surface area contributed by atoms with E-state index in [-0.39, 0.29) is 6.04 Å². The lowest BCUT2D eigenvalue weighted by Crippen LogP contribution is -2.47. The summed E-state index contributed by atoms with van der Waals surface area (Å²) >= 11 is 0. The van der Waals surface area contributed by atoms with Gasteiger partial charge in [0.1, 0.15) is 0 Å². The van der Waals surface area contributed by atoms with Gasteiger partial charge < -0.3 is 4.74 Å². The maximum Gasteiger partial charge on any atom is 0.282 e. The Kier molecular flexibility index (Phi) is 3.67. The fourth-order valence-corrected chi connectivity index (χ4v) is 4.75. The minimum atomic E-state index is -3.37. The van der Waals surface area contributed by atoms with Gasteiger partial charge in [0.25, 0.3) is 10.2 Å². The summed E-state index contributed by atoms with van der Waals surface area (Å²) < 4.78 is 35.5. The smallest absolute Gasteiger partial charge is 0.282 e. The summed E-state index contributed by atoms with van der Waals surface area (Å²) in [5, 5.41) is 8.42. The largest absolute Gasteiger partial charge is 0.379 e. The lowest BCUT2D eigenvalue weighted by Gasteiger charge is -2.30. The van der Waals surface area contributed by atoms with Gasteiger partial charge in [0.2, 0.25) is 0 Å². The van der Waals surface area contributed by atoms with Gasteiger partial charge in [-0.2, -0.15) is 17.0 Å². The molecule has 0 N–H and O–H groups in total. The van der Waals surface area contributed by atoms with Crippen molar-refractivity contribution in [3.63, 3.8) is 0 Å². The van der Waals surface area contributed by atoms with Gasteiger partial charge in [-0.05, 0) is 19.3 Å². The van der Waals surface area contributed by atoms with Gasteiger partial charge in [-0.3, -0.25) is 0 Å². The van der Waals surface area contributed by atoms with Crippen molar-refractivity contribution in [2.24, 2.45) is 0 Å². The van der Waals surface area contributed by atoms with E-state index in [0.717, 1.165) is 12.1 Å². The van der Waals surface area contributed by atoms with Crippen LogP contribution < -0.4 is 0 Å². The van der Waals surface area contributed by atoms with E-state index in [2.05, 4.69) is 10.3 Å². The van der Waals surface area contributed by atoms with Crippen molar-refractivity contribution in [3.8, 4) is 0 Å². The molecule has 1 aliphatic carbocycles. The van der Waals surface area contributed by atoms with Crippen LogP contribution in [0.3, 0.4) is 0 Å². The molecule has 3 heterocycles. The van der Waals surface area contributed by atoms with E-state index in [1.54, 1.807) is 4.31 Å².